The van der Waals surface area contributed by atoms with Gasteiger partial charge in [-0.3, -0.25) is 0 Å². The van der Waals surface area contributed by atoms with Crippen LogP contribution in [0.4, 0.5) is 4.39 Å². The number of hydrogen-bond donors (Lipinski definition) is 1. The van der Waals surface area contributed by atoms with Crippen molar-refractivity contribution >= 4 is 27.3 Å². The first-order valence-corrected chi connectivity index (χ1v) is 6.62. The molecule has 1 aromatic heterocycles. The van der Waals surface area contributed by atoms with Gasteiger partial charge in [0, 0.05) is 26.4 Å². The zero-order valence-corrected chi connectivity index (χ0v) is 11.5. The van der Waals surface area contributed by atoms with Gasteiger partial charge in [-0.25, -0.2) is 4.39 Å². The summed E-state index contributed by atoms with van der Waals surface area (Å²) in [7, 11) is 1.50. The van der Waals surface area contributed by atoms with E-state index in [2.05, 4.69) is 15.9 Å². The third kappa shape index (κ3) is 2.68. The summed E-state index contributed by atoms with van der Waals surface area (Å²) in [6.45, 7) is 0. The molecule has 2 rings (SSSR count). The first-order valence-electron chi connectivity index (χ1n) is 4.94. The molecule has 5 heteroatoms. The maximum atomic E-state index is 13.8. The van der Waals surface area contributed by atoms with Gasteiger partial charge >= 0.3 is 0 Å². The van der Waals surface area contributed by atoms with Gasteiger partial charge in [0.2, 0.25) is 0 Å². The highest BCUT2D eigenvalue weighted by Crippen LogP contribution is 2.30. The summed E-state index contributed by atoms with van der Waals surface area (Å²) in [5.41, 5.74) is 6.50. The van der Waals surface area contributed by atoms with E-state index >= 15 is 0 Å². The normalized spacial score (nSPS) is 12.5. The van der Waals surface area contributed by atoms with Crippen LogP contribution in [0, 0.1) is 5.82 Å². The molecule has 17 heavy (non-hydrogen) atoms. The summed E-state index contributed by atoms with van der Waals surface area (Å²) in [5.74, 6) is 0.146. The van der Waals surface area contributed by atoms with Crippen molar-refractivity contribution in [2.24, 2.45) is 5.73 Å². The van der Waals surface area contributed by atoms with Gasteiger partial charge in [0.15, 0.2) is 0 Å². The molecule has 0 spiro atoms. The molecule has 2 N–H and O–H groups in total. The highest BCUT2D eigenvalue weighted by atomic mass is 79.9. The first kappa shape index (κ1) is 12.5. The molecule has 0 bridgehead atoms. The summed E-state index contributed by atoms with van der Waals surface area (Å²) < 4.78 is 19.7. The maximum Gasteiger partial charge on any atom is 0.132 e. The fourth-order valence-corrected chi connectivity index (χ4v) is 3.00. The van der Waals surface area contributed by atoms with Crippen molar-refractivity contribution in [2.75, 3.05) is 7.11 Å². The second-order valence-electron chi connectivity index (χ2n) is 3.53. The van der Waals surface area contributed by atoms with Crippen LogP contribution in [0.25, 0.3) is 0 Å². The van der Waals surface area contributed by atoms with Gasteiger partial charge in [-0.05, 0) is 28.1 Å². The minimum Gasteiger partial charge on any atom is -0.497 e. The quantitative estimate of drug-likeness (QED) is 0.937. The Labute approximate surface area is 111 Å². The highest BCUT2D eigenvalue weighted by molar-refractivity contribution is 9.10. The molecule has 1 unspecified atom stereocenters. The molecule has 0 aliphatic rings. The largest absolute Gasteiger partial charge is 0.497 e. The third-order valence-electron chi connectivity index (χ3n) is 2.44. The van der Waals surface area contributed by atoms with Crippen LogP contribution in [0.5, 0.6) is 5.75 Å². The van der Waals surface area contributed by atoms with Crippen LogP contribution in [0.1, 0.15) is 16.5 Å². The summed E-state index contributed by atoms with van der Waals surface area (Å²) in [5, 5.41) is 1.93. The first-order chi connectivity index (χ1) is 8.11. The molecule has 2 aromatic rings. The fourth-order valence-electron chi connectivity index (χ4n) is 1.53. The Bertz CT molecular complexity index is 529. The van der Waals surface area contributed by atoms with E-state index < -0.39 is 6.04 Å². The van der Waals surface area contributed by atoms with Gasteiger partial charge in [0.05, 0.1) is 13.2 Å². The Hall–Kier alpha value is -0.910. The number of nitrogens with two attached hydrogens (primary N) is 1. The monoisotopic (exact) mass is 315 g/mol. The predicted molar refractivity (Wildman–Crippen MR) is 71.0 cm³/mol. The van der Waals surface area contributed by atoms with Gasteiger partial charge in [-0.2, -0.15) is 0 Å². The lowest BCUT2D eigenvalue weighted by Gasteiger charge is -2.12. The molecule has 2 nitrogen and oxygen atoms in total. The van der Waals surface area contributed by atoms with Gasteiger partial charge in [-0.1, -0.05) is 6.07 Å². The third-order valence-corrected chi connectivity index (χ3v) is 4.21. The summed E-state index contributed by atoms with van der Waals surface area (Å²) in [6.07, 6.45) is 0. The Morgan fingerprint density at radius 2 is 2.18 bits per heavy atom. The van der Waals surface area contributed by atoms with Crippen LogP contribution >= 0.6 is 27.3 Å². The molecule has 0 amide bonds. The Balaban J connectivity index is 2.34. The minimum atomic E-state index is -0.447. The number of thiophene rings is 1. The lowest BCUT2D eigenvalue weighted by atomic mass is 10.1. The molecule has 0 saturated heterocycles. The van der Waals surface area contributed by atoms with E-state index in [9.17, 15) is 4.39 Å². The molecule has 0 aliphatic heterocycles. The van der Waals surface area contributed by atoms with Crippen molar-refractivity contribution in [1.29, 1.82) is 0 Å². The number of halogens is 2. The van der Waals surface area contributed by atoms with Crippen LogP contribution in [0.3, 0.4) is 0 Å². The van der Waals surface area contributed by atoms with E-state index in [1.54, 1.807) is 12.1 Å². The van der Waals surface area contributed by atoms with Crippen molar-refractivity contribution in [2.45, 2.75) is 6.04 Å². The van der Waals surface area contributed by atoms with E-state index in [4.69, 9.17) is 10.5 Å². The fraction of sp³-hybridized carbons (Fsp3) is 0.167. The topological polar surface area (TPSA) is 35.2 Å². The zero-order chi connectivity index (χ0) is 12.4. The molecular formula is C12H11BrFNOS. The lowest BCUT2D eigenvalue weighted by molar-refractivity contribution is 0.410. The van der Waals surface area contributed by atoms with E-state index in [0.717, 1.165) is 9.35 Å². The maximum absolute atomic E-state index is 13.8. The second-order valence-corrected chi connectivity index (χ2v) is 5.39. The van der Waals surface area contributed by atoms with Crippen LogP contribution in [0.2, 0.25) is 0 Å². The summed E-state index contributed by atoms with van der Waals surface area (Å²) in [4.78, 5) is 0.918. The Kier molecular flexibility index (Phi) is 3.81. The molecular weight excluding hydrogens is 305 g/mol. The molecule has 1 heterocycles. The number of hydrogen-bond acceptors (Lipinski definition) is 3. The van der Waals surface area contributed by atoms with Crippen molar-refractivity contribution in [1.82, 2.24) is 0 Å². The number of ether oxygens (including phenoxy) is 1. The number of methoxy groups -OCH3 is 1. The highest BCUT2D eigenvalue weighted by Gasteiger charge is 2.15. The minimum absolute atomic E-state index is 0.346. The van der Waals surface area contributed by atoms with Crippen molar-refractivity contribution in [3.63, 3.8) is 0 Å². The predicted octanol–water partition coefficient (Wildman–Crippen LogP) is 3.71. The van der Waals surface area contributed by atoms with Crippen LogP contribution < -0.4 is 10.5 Å². The summed E-state index contributed by atoms with van der Waals surface area (Å²) in [6, 6.07) is 6.17. The standard InChI is InChI=1S/C12H11BrFNOS/c1-16-8-2-3-9(10(14)5-8)12(15)11-4-7(13)6-17-11/h2-6,12H,15H2,1H3. The molecule has 1 atom stereocenters. The average molecular weight is 316 g/mol. The Morgan fingerprint density at radius 1 is 1.41 bits per heavy atom. The zero-order valence-electron chi connectivity index (χ0n) is 9.11. The van der Waals surface area contributed by atoms with Crippen molar-refractivity contribution in [3.8, 4) is 5.75 Å². The number of rotatable bonds is 3. The van der Waals surface area contributed by atoms with Crippen LogP contribution in [-0.4, -0.2) is 7.11 Å². The molecule has 0 aliphatic carbocycles. The van der Waals surface area contributed by atoms with Gasteiger partial charge in [0.1, 0.15) is 11.6 Å². The SMILES string of the molecule is COc1ccc(C(N)c2cc(Br)cs2)c(F)c1. The Morgan fingerprint density at radius 3 is 2.71 bits per heavy atom. The van der Waals surface area contributed by atoms with Crippen molar-refractivity contribution in [3.05, 3.63) is 50.4 Å². The van der Waals surface area contributed by atoms with Crippen LogP contribution in [0.15, 0.2) is 34.1 Å². The van der Waals surface area contributed by atoms with Gasteiger partial charge < -0.3 is 10.5 Å². The molecule has 90 valence electrons. The van der Waals surface area contributed by atoms with Gasteiger partial charge in [-0.15, -0.1) is 11.3 Å². The van der Waals surface area contributed by atoms with E-state index in [0.29, 0.717) is 11.3 Å². The van der Waals surface area contributed by atoms with Crippen LogP contribution in [-0.2, 0) is 0 Å². The number of benzene rings is 1. The van der Waals surface area contributed by atoms with Crippen molar-refractivity contribution < 1.29 is 9.13 Å². The molecule has 1 aromatic carbocycles. The smallest absolute Gasteiger partial charge is 0.132 e. The second kappa shape index (κ2) is 5.16. The van der Waals surface area contributed by atoms with E-state index in [1.165, 1.54) is 24.5 Å². The molecule has 0 fully saturated rings. The van der Waals surface area contributed by atoms with Gasteiger partial charge in [0.25, 0.3) is 0 Å². The van der Waals surface area contributed by atoms with E-state index in [-0.39, 0.29) is 5.82 Å². The van der Waals surface area contributed by atoms with E-state index in [1.807, 2.05) is 11.4 Å². The average Bonchev–Trinajstić information content (AvgIpc) is 2.75. The lowest BCUT2D eigenvalue weighted by Crippen LogP contribution is -2.12. The molecule has 0 radical (unpaired) electrons. The molecule has 0 saturated carbocycles. The summed E-state index contributed by atoms with van der Waals surface area (Å²) >= 11 is 4.86.